The minimum Gasteiger partial charge on any atom is -0.369 e. The van der Waals surface area contributed by atoms with Crippen molar-refractivity contribution in [2.45, 2.75) is 25.8 Å². The fraction of sp³-hybridized carbons (Fsp3) is 0.455. The molecule has 2 aromatic rings. The summed E-state index contributed by atoms with van der Waals surface area (Å²) < 4.78 is 23.2. The summed E-state index contributed by atoms with van der Waals surface area (Å²) in [5.74, 6) is 0.434. The molecule has 8 heteroatoms. The van der Waals surface area contributed by atoms with Crippen LogP contribution < -0.4 is 15.1 Å². The summed E-state index contributed by atoms with van der Waals surface area (Å²) in [5, 5.41) is 3.15. The van der Waals surface area contributed by atoms with Crippen LogP contribution in [0.4, 0.5) is 11.4 Å². The molecule has 0 saturated carbocycles. The van der Waals surface area contributed by atoms with Crippen LogP contribution in [0.1, 0.15) is 17.5 Å². The Hall–Kier alpha value is -2.61. The second-order valence-electron chi connectivity index (χ2n) is 8.20. The van der Waals surface area contributed by atoms with Gasteiger partial charge >= 0.3 is 0 Å². The Morgan fingerprint density at radius 3 is 2.50 bits per heavy atom. The molecule has 1 N–H and O–H groups in total. The maximum atomic E-state index is 12.5. The van der Waals surface area contributed by atoms with Gasteiger partial charge in [-0.15, -0.1) is 0 Å². The number of sulfone groups is 1. The molecule has 30 heavy (non-hydrogen) atoms. The SMILES string of the molecule is Cc1cncc(N2CC[C@@H](NC(=O)Cc3ccc(N4CCS(=O)(=O)CC4)cc3)C2)c1. The van der Waals surface area contributed by atoms with Gasteiger partial charge in [0.05, 0.1) is 29.8 Å². The fourth-order valence-corrected chi connectivity index (χ4v) is 5.29. The number of nitrogens with one attached hydrogen (secondary N) is 1. The van der Waals surface area contributed by atoms with E-state index in [4.69, 9.17) is 0 Å². The lowest BCUT2D eigenvalue weighted by molar-refractivity contribution is -0.121. The molecule has 2 aliphatic heterocycles. The van der Waals surface area contributed by atoms with Crippen LogP contribution in [0.2, 0.25) is 0 Å². The molecule has 2 fully saturated rings. The molecule has 4 rings (SSSR count). The predicted molar refractivity (Wildman–Crippen MR) is 119 cm³/mol. The second kappa shape index (κ2) is 8.63. The smallest absolute Gasteiger partial charge is 0.224 e. The summed E-state index contributed by atoms with van der Waals surface area (Å²) >= 11 is 0. The van der Waals surface area contributed by atoms with Crippen LogP contribution in [-0.4, -0.2) is 63.0 Å². The molecule has 1 aromatic carbocycles. The van der Waals surface area contributed by atoms with Gasteiger partial charge in [-0.05, 0) is 42.7 Å². The van der Waals surface area contributed by atoms with Crippen molar-refractivity contribution in [3.8, 4) is 0 Å². The van der Waals surface area contributed by atoms with Gasteiger partial charge in [-0.1, -0.05) is 12.1 Å². The lowest BCUT2D eigenvalue weighted by Gasteiger charge is -2.28. The molecule has 0 bridgehead atoms. The number of hydrogen-bond acceptors (Lipinski definition) is 6. The highest BCUT2D eigenvalue weighted by molar-refractivity contribution is 7.91. The molecule has 0 aliphatic carbocycles. The van der Waals surface area contributed by atoms with Crippen LogP contribution in [0, 0.1) is 6.92 Å². The lowest BCUT2D eigenvalue weighted by Crippen LogP contribution is -2.40. The normalized spacial score (nSPS) is 20.9. The topological polar surface area (TPSA) is 82.6 Å². The summed E-state index contributed by atoms with van der Waals surface area (Å²) in [6, 6.07) is 10.1. The molecule has 1 amide bonds. The molecule has 0 unspecified atom stereocenters. The van der Waals surface area contributed by atoms with Gasteiger partial charge in [0, 0.05) is 44.1 Å². The summed E-state index contributed by atoms with van der Waals surface area (Å²) in [5.41, 5.74) is 4.20. The van der Waals surface area contributed by atoms with E-state index < -0.39 is 9.84 Å². The van der Waals surface area contributed by atoms with Crippen molar-refractivity contribution in [1.82, 2.24) is 10.3 Å². The van der Waals surface area contributed by atoms with E-state index in [9.17, 15) is 13.2 Å². The van der Waals surface area contributed by atoms with E-state index in [1.165, 1.54) is 0 Å². The monoisotopic (exact) mass is 428 g/mol. The third-order valence-corrected chi connectivity index (χ3v) is 7.40. The van der Waals surface area contributed by atoms with Crippen molar-refractivity contribution in [2.24, 2.45) is 0 Å². The number of hydrogen-bond donors (Lipinski definition) is 1. The van der Waals surface area contributed by atoms with Gasteiger partial charge in [-0.3, -0.25) is 9.78 Å². The molecule has 2 aliphatic rings. The number of rotatable bonds is 5. The van der Waals surface area contributed by atoms with Crippen LogP contribution in [0.25, 0.3) is 0 Å². The maximum Gasteiger partial charge on any atom is 0.224 e. The van der Waals surface area contributed by atoms with Crippen LogP contribution in [0.5, 0.6) is 0 Å². The Balaban J connectivity index is 1.27. The first kappa shape index (κ1) is 20.7. The molecule has 3 heterocycles. The Kier molecular flexibility index (Phi) is 5.94. The highest BCUT2D eigenvalue weighted by atomic mass is 32.2. The highest BCUT2D eigenvalue weighted by Crippen LogP contribution is 2.21. The van der Waals surface area contributed by atoms with Gasteiger partial charge in [0.1, 0.15) is 0 Å². The van der Waals surface area contributed by atoms with Gasteiger partial charge < -0.3 is 15.1 Å². The van der Waals surface area contributed by atoms with E-state index in [0.29, 0.717) is 19.5 Å². The first-order valence-corrected chi connectivity index (χ1v) is 12.2. The number of aryl methyl sites for hydroxylation is 1. The number of carbonyl (C=O) groups excluding carboxylic acids is 1. The molecule has 160 valence electrons. The van der Waals surface area contributed by atoms with Crippen molar-refractivity contribution in [3.05, 3.63) is 53.9 Å². The standard InChI is InChI=1S/C22H28N4O3S/c1-17-12-21(15-23-14-17)26-7-6-19(16-26)24-22(27)13-18-2-4-20(5-3-18)25-8-10-30(28,29)11-9-25/h2-5,12,14-15,19H,6-11,13,16H2,1H3,(H,24,27)/t19-/m1/s1. The van der Waals surface area contributed by atoms with E-state index >= 15 is 0 Å². The fourth-order valence-electron chi connectivity index (χ4n) is 4.08. The highest BCUT2D eigenvalue weighted by Gasteiger charge is 2.25. The van der Waals surface area contributed by atoms with Crippen molar-refractivity contribution in [3.63, 3.8) is 0 Å². The number of aromatic nitrogens is 1. The number of pyridine rings is 1. The summed E-state index contributed by atoms with van der Waals surface area (Å²) in [4.78, 5) is 21.1. The van der Waals surface area contributed by atoms with Crippen LogP contribution in [0.3, 0.4) is 0 Å². The Morgan fingerprint density at radius 2 is 1.80 bits per heavy atom. The molecule has 0 radical (unpaired) electrons. The summed E-state index contributed by atoms with van der Waals surface area (Å²) in [6.07, 6.45) is 4.99. The van der Waals surface area contributed by atoms with Gasteiger partial charge in [0.25, 0.3) is 0 Å². The Morgan fingerprint density at radius 1 is 1.07 bits per heavy atom. The lowest BCUT2D eigenvalue weighted by atomic mass is 10.1. The third kappa shape index (κ3) is 5.11. The first-order chi connectivity index (χ1) is 14.4. The number of anilines is 2. The molecule has 2 saturated heterocycles. The second-order valence-corrected chi connectivity index (χ2v) is 10.5. The summed E-state index contributed by atoms with van der Waals surface area (Å²) in [6.45, 7) is 4.79. The molecular formula is C22H28N4O3S. The van der Waals surface area contributed by atoms with E-state index in [1.807, 2.05) is 43.6 Å². The minimum absolute atomic E-state index is 0.0287. The maximum absolute atomic E-state index is 12.5. The van der Waals surface area contributed by atoms with Gasteiger partial charge in [0.2, 0.25) is 5.91 Å². The Labute approximate surface area is 178 Å². The average molecular weight is 429 g/mol. The summed E-state index contributed by atoms with van der Waals surface area (Å²) in [7, 11) is -2.88. The van der Waals surface area contributed by atoms with Crippen molar-refractivity contribution < 1.29 is 13.2 Å². The van der Waals surface area contributed by atoms with Gasteiger partial charge in [-0.25, -0.2) is 8.42 Å². The zero-order valence-corrected chi connectivity index (χ0v) is 18.1. The third-order valence-electron chi connectivity index (χ3n) is 5.79. The van der Waals surface area contributed by atoms with Crippen molar-refractivity contribution in [1.29, 1.82) is 0 Å². The number of benzene rings is 1. The molecule has 0 spiro atoms. The largest absolute Gasteiger partial charge is 0.369 e. The zero-order valence-electron chi connectivity index (χ0n) is 17.3. The first-order valence-electron chi connectivity index (χ1n) is 10.4. The molecule has 1 aromatic heterocycles. The van der Waals surface area contributed by atoms with E-state index in [1.54, 1.807) is 0 Å². The zero-order chi connectivity index (χ0) is 21.1. The van der Waals surface area contributed by atoms with Crippen LogP contribution >= 0.6 is 0 Å². The Bertz CT molecular complexity index is 993. The van der Waals surface area contributed by atoms with E-state index in [0.717, 1.165) is 42.0 Å². The molecule has 1 atom stereocenters. The van der Waals surface area contributed by atoms with E-state index in [-0.39, 0.29) is 23.5 Å². The van der Waals surface area contributed by atoms with Crippen molar-refractivity contribution >= 4 is 27.1 Å². The molecule has 7 nitrogen and oxygen atoms in total. The van der Waals surface area contributed by atoms with E-state index in [2.05, 4.69) is 26.2 Å². The quantitative estimate of drug-likeness (QED) is 0.778. The van der Waals surface area contributed by atoms with Crippen molar-refractivity contribution in [2.75, 3.05) is 47.5 Å². The number of amides is 1. The number of carbonyl (C=O) groups is 1. The molecular weight excluding hydrogens is 400 g/mol. The van der Waals surface area contributed by atoms with Gasteiger partial charge in [0.15, 0.2) is 9.84 Å². The average Bonchev–Trinajstić information content (AvgIpc) is 3.17. The van der Waals surface area contributed by atoms with Crippen LogP contribution in [0.15, 0.2) is 42.7 Å². The van der Waals surface area contributed by atoms with Crippen LogP contribution in [-0.2, 0) is 21.1 Å². The number of nitrogens with zero attached hydrogens (tertiary/aromatic N) is 3. The predicted octanol–water partition coefficient (Wildman–Crippen LogP) is 1.56. The minimum atomic E-state index is -2.88. The van der Waals surface area contributed by atoms with Gasteiger partial charge in [-0.2, -0.15) is 0 Å².